The van der Waals surface area contributed by atoms with Gasteiger partial charge in [0.2, 0.25) is 0 Å². The highest BCUT2D eigenvalue weighted by Crippen LogP contribution is 2.32. The zero-order chi connectivity index (χ0) is 13.1. The van der Waals surface area contributed by atoms with Crippen LogP contribution in [0.25, 0.3) is 0 Å². The number of carbonyl (C=O) groups excluding carboxylic acids is 1. The number of thiophene rings is 1. The molecule has 2 N–H and O–H groups in total. The quantitative estimate of drug-likeness (QED) is 0.814. The summed E-state index contributed by atoms with van der Waals surface area (Å²) >= 11 is 1.59. The maximum absolute atomic E-state index is 11.8. The topological polar surface area (TPSA) is 75.6 Å². The molecule has 5 nitrogen and oxygen atoms in total. The van der Waals surface area contributed by atoms with Crippen molar-refractivity contribution in [3.63, 3.8) is 0 Å². The van der Waals surface area contributed by atoms with Crippen LogP contribution < -0.4 is 5.48 Å². The molecular formula is C12H15NO4S. The van der Waals surface area contributed by atoms with E-state index in [0.717, 1.165) is 24.8 Å². The minimum absolute atomic E-state index is 0.358. The van der Waals surface area contributed by atoms with Gasteiger partial charge in [-0.3, -0.25) is 9.63 Å². The monoisotopic (exact) mass is 269 g/mol. The van der Waals surface area contributed by atoms with Crippen LogP contribution in [0.1, 0.15) is 34.1 Å². The van der Waals surface area contributed by atoms with E-state index in [1.807, 2.05) is 5.38 Å². The summed E-state index contributed by atoms with van der Waals surface area (Å²) in [5, 5.41) is 10.2. The van der Waals surface area contributed by atoms with Crippen molar-refractivity contribution in [2.45, 2.75) is 26.2 Å². The van der Waals surface area contributed by atoms with Gasteiger partial charge < -0.3 is 5.11 Å². The van der Waals surface area contributed by atoms with Crippen molar-refractivity contribution >= 4 is 23.2 Å². The van der Waals surface area contributed by atoms with Crippen molar-refractivity contribution in [2.24, 2.45) is 5.92 Å². The molecule has 1 amide bonds. The van der Waals surface area contributed by atoms with Crippen LogP contribution in [0.4, 0.5) is 0 Å². The number of nitrogens with one attached hydrogen (secondary N) is 1. The molecule has 98 valence electrons. The molecule has 2 rings (SSSR count). The van der Waals surface area contributed by atoms with Crippen LogP contribution in [0.2, 0.25) is 0 Å². The molecule has 0 spiro atoms. The fourth-order valence-corrected chi connectivity index (χ4v) is 3.33. The highest BCUT2D eigenvalue weighted by Gasteiger charge is 2.23. The lowest BCUT2D eigenvalue weighted by Gasteiger charge is -2.18. The van der Waals surface area contributed by atoms with Gasteiger partial charge in [0.25, 0.3) is 5.91 Å². The summed E-state index contributed by atoms with van der Waals surface area (Å²) < 4.78 is 0. The largest absolute Gasteiger partial charge is 0.479 e. The first-order valence-corrected chi connectivity index (χ1v) is 6.69. The van der Waals surface area contributed by atoms with Crippen molar-refractivity contribution in [2.75, 3.05) is 6.61 Å². The molecule has 1 aromatic rings. The first-order chi connectivity index (χ1) is 8.58. The summed E-state index contributed by atoms with van der Waals surface area (Å²) in [6, 6.07) is 0. The Labute approximate surface area is 109 Å². The molecule has 0 aliphatic heterocycles. The fraction of sp³-hybridized carbons (Fsp3) is 0.500. The summed E-state index contributed by atoms with van der Waals surface area (Å²) in [5.41, 5.74) is 3.87. The fourth-order valence-electron chi connectivity index (χ4n) is 2.09. The number of fused-ring (bicyclic) bond motifs is 1. The van der Waals surface area contributed by atoms with Crippen molar-refractivity contribution in [3.8, 4) is 0 Å². The highest BCUT2D eigenvalue weighted by molar-refractivity contribution is 7.10. The van der Waals surface area contributed by atoms with Gasteiger partial charge in [-0.05, 0) is 30.7 Å². The van der Waals surface area contributed by atoms with Crippen LogP contribution in [-0.2, 0) is 22.5 Å². The van der Waals surface area contributed by atoms with Crippen molar-refractivity contribution < 1.29 is 19.5 Å². The van der Waals surface area contributed by atoms with Gasteiger partial charge in [0.1, 0.15) is 0 Å². The minimum atomic E-state index is -1.11. The number of carboxylic acid groups (broad SMARTS) is 1. The number of hydrogen-bond acceptors (Lipinski definition) is 4. The molecule has 0 aromatic carbocycles. The Kier molecular flexibility index (Phi) is 3.98. The summed E-state index contributed by atoms with van der Waals surface area (Å²) in [5.74, 6) is -0.810. The smallest absolute Gasteiger partial charge is 0.332 e. The van der Waals surface area contributed by atoms with Crippen LogP contribution in [0.15, 0.2) is 5.38 Å². The van der Waals surface area contributed by atoms with Gasteiger partial charge in [-0.1, -0.05) is 6.92 Å². The van der Waals surface area contributed by atoms with E-state index in [1.165, 1.54) is 4.88 Å². The van der Waals surface area contributed by atoms with Crippen LogP contribution >= 0.6 is 11.3 Å². The van der Waals surface area contributed by atoms with E-state index < -0.39 is 12.6 Å². The van der Waals surface area contributed by atoms with E-state index in [4.69, 9.17) is 5.11 Å². The van der Waals surface area contributed by atoms with E-state index in [2.05, 4.69) is 17.2 Å². The number of carboxylic acids is 1. The van der Waals surface area contributed by atoms with Crippen molar-refractivity contribution in [1.82, 2.24) is 5.48 Å². The maximum Gasteiger partial charge on any atom is 0.332 e. The van der Waals surface area contributed by atoms with E-state index in [9.17, 15) is 9.59 Å². The Morgan fingerprint density at radius 3 is 3.11 bits per heavy atom. The SMILES string of the molecule is CC1CCc2c(C(=O)NOCC(=O)O)csc2C1. The minimum Gasteiger partial charge on any atom is -0.479 e. The Hall–Kier alpha value is -1.40. The molecule has 0 saturated carbocycles. The van der Waals surface area contributed by atoms with Crippen LogP contribution in [-0.4, -0.2) is 23.6 Å². The van der Waals surface area contributed by atoms with E-state index in [-0.39, 0.29) is 5.91 Å². The predicted molar refractivity (Wildman–Crippen MR) is 66.6 cm³/mol. The van der Waals surface area contributed by atoms with Gasteiger partial charge in [-0.2, -0.15) is 0 Å². The molecule has 0 radical (unpaired) electrons. The molecule has 0 bridgehead atoms. The normalized spacial score (nSPS) is 18.2. The van der Waals surface area contributed by atoms with E-state index in [1.54, 1.807) is 11.3 Å². The lowest BCUT2D eigenvalue weighted by atomic mass is 9.88. The van der Waals surface area contributed by atoms with Gasteiger partial charge in [0.15, 0.2) is 6.61 Å². The molecule has 1 heterocycles. The molecular weight excluding hydrogens is 254 g/mol. The summed E-state index contributed by atoms with van der Waals surface area (Å²) in [7, 11) is 0. The Balaban J connectivity index is 2.01. The third-order valence-electron chi connectivity index (χ3n) is 3.01. The second-order valence-corrected chi connectivity index (χ2v) is 5.48. The van der Waals surface area contributed by atoms with Crippen LogP contribution in [0, 0.1) is 5.92 Å². The zero-order valence-corrected chi connectivity index (χ0v) is 10.9. The number of aliphatic carboxylic acids is 1. The Bertz CT molecular complexity index is 469. The Morgan fingerprint density at radius 2 is 2.39 bits per heavy atom. The molecule has 1 aliphatic rings. The molecule has 1 unspecified atom stereocenters. The first-order valence-electron chi connectivity index (χ1n) is 5.81. The summed E-state index contributed by atoms with van der Waals surface area (Å²) in [6.07, 6.45) is 3.00. The van der Waals surface area contributed by atoms with Gasteiger partial charge in [-0.25, -0.2) is 10.3 Å². The van der Waals surface area contributed by atoms with Crippen LogP contribution in [0.3, 0.4) is 0 Å². The number of hydroxylamine groups is 1. The van der Waals surface area contributed by atoms with Crippen molar-refractivity contribution in [1.29, 1.82) is 0 Å². The second kappa shape index (κ2) is 5.49. The lowest BCUT2D eigenvalue weighted by molar-refractivity contribution is -0.144. The molecule has 6 heteroatoms. The molecule has 18 heavy (non-hydrogen) atoms. The number of hydrogen-bond donors (Lipinski definition) is 2. The van der Waals surface area contributed by atoms with Gasteiger partial charge >= 0.3 is 5.97 Å². The predicted octanol–water partition coefficient (Wildman–Crippen LogP) is 1.62. The number of carbonyl (C=O) groups is 2. The highest BCUT2D eigenvalue weighted by atomic mass is 32.1. The van der Waals surface area contributed by atoms with Crippen molar-refractivity contribution in [3.05, 3.63) is 21.4 Å². The lowest BCUT2D eigenvalue weighted by Crippen LogP contribution is -2.27. The second-order valence-electron chi connectivity index (χ2n) is 4.51. The summed E-state index contributed by atoms with van der Waals surface area (Å²) in [4.78, 5) is 27.9. The standard InChI is InChI=1S/C12H15NO4S/c1-7-2-3-8-9(6-18-10(8)4-7)12(16)13-17-5-11(14)15/h6-7H,2-5H2,1H3,(H,13,16)(H,14,15). The van der Waals surface area contributed by atoms with Crippen LogP contribution in [0.5, 0.6) is 0 Å². The third kappa shape index (κ3) is 2.88. The maximum atomic E-state index is 11.8. The molecule has 1 aromatic heterocycles. The average Bonchev–Trinajstić information content (AvgIpc) is 2.71. The van der Waals surface area contributed by atoms with E-state index >= 15 is 0 Å². The van der Waals surface area contributed by atoms with E-state index in [0.29, 0.717) is 11.5 Å². The van der Waals surface area contributed by atoms with Gasteiger partial charge in [0.05, 0.1) is 5.56 Å². The average molecular weight is 269 g/mol. The molecule has 1 atom stereocenters. The first kappa shape index (κ1) is 13.0. The van der Waals surface area contributed by atoms with Gasteiger partial charge in [0, 0.05) is 10.3 Å². The molecule has 0 fully saturated rings. The number of amides is 1. The summed E-state index contributed by atoms with van der Waals surface area (Å²) in [6.45, 7) is 1.67. The zero-order valence-electron chi connectivity index (χ0n) is 10.1. The Morgan fingerprint density at radius 1 is 1.61 bits per heavy atom. The molecule has 0 saturated heterocycles. The molecule has 1 aliphatic carbocycles. The third-order valence-corrected chi connectivity index (χ3v) is 4.06. The number of rotatable bonds is 4. The van der Waals surface area contributed by atoms with Gasteiger partial charge in [-0.15, -0.1) is 11.3 Å².